The van der Waals surface area contributed by atoms with Crippen LogP contribution in [0.5, 0.6) is 0 Å². The molecule has 28 heavy (non-hydrogen) atoms. The maximum Gasteiger partial charge on any atom is 0.338 e. The van der Waals surface area contributed by atoms with Crippen LogP contribution in [0.2, 0.25) is 0 Å². The largest absolute Gasteiger partial charge is 0.452 e. The Balaban J connectivity index is 1.64. The van der Waals surface area contributed by atoms with Crippen LogP contribution in [0.1, 0.15) is 67.8 Å². The Bertz CT molecular complexity index is 810. The highest BCUT2D eigenvalue weighted by Gasteiger charge is 2.39. The van der Waals surface area contributed by atoms with Crippen molar-refractivity contribution < 1.29 is 22.7 Å². The Morgan fingerprint density at radius 2 is 1.71 bits per heavy atom. The van der Waals surface area contributed by atoms with Crippen molar-refractivity contribution in [2.45, 2.75) is 64.0 Å². The zero-order valence-corrected chi connectivity index (χ0v) is 17.4. The predicted molar refractivity (Wildman–Crippen MR) is 107 cm³/mol. The molecule has 0 N–H and O–H groups in total. The fourth-order valence-corrected chi connectivity index (χ4v) is 5.88. The molecule has 1 saturated heterocycles. The van der Waals surface area contributed by atoms with Crippen LogP contribution in [0, 0.1) is 0 Å². The van der Waals surface area contributed by atoms with Gasteiger partial charge in [-0.15, -0.1) is 0 Å². The third-order valence-electron chi connectivity index (χ3n) is 5.75. The summed E-state index contributed by atoms with van der Waals surface area (Å²) in [6.07, 6.45) is 4.31. The van der Waals surface area contributed by atoms with Crippen LogP contribution in [0.15, 0.2) is 24.3 Å². The molecular formula is C21H29NO5S. The van der Waals surface area contributed by atoms with Crippen LogP contribution in [0.25, 0.3) is 0 Å². The molecule has 1 saturated carbocycles. The molecule has 0 aromatic heterocycles. The van der Waals surface area contributed by atoms with Crippen molar-refractivity contribution in [3.05, 3.63) is 35.4 Å². The molecule has 6 nitrogen and oxygen atoms in total. The van der Waals surface area contributed by atoms with Crippen molar-refractivity contribution in [2.75, 3.05) is 18.1 Å². The molecule has 0 spiro atoms. The van der Waals surface area contributed by atoms with Gasteiger partial charge in [-0.3, -0.25) is 4.79 Å². The van der Waals surface area contributed by atoms with E-state index in [1.54, 1.807) is 17.0 Å². The molecule has 1 aromatic carbocycles. The van der Waals surface area contributed by atoms with E-state index in [4.69, 9.17) is 4.74 Å². The van der Waals surface area contributed by atoms with E-state index in [0.29, 0.717) is 17.9 Å². The van der Waals surface area contributed by atoms with Crippen LogP contribution in [0.4, 0.5) is 0 Å². The molecule has 0 radical (unpaired) electrons. The number of esters is 1. The highest BCUT2D eigenvalue weighted by atomic mass is 32.2. The molecular weight excluding hydrogens is 378 g/mol. The second-order valence-corrected chi connectivity index (χ2v) is 10.4. The van der Waals surface area contributed by atoms with E-state index in [9.17, 15) is 18.0 Å². The number of ether oxygens (including phenoxy) is 1. The Hall–Kier alpha value is -1.89. The number of carbonyl (C=O) groups is 2. The number of carbonyl (C=O) groups excluding carboxylic acids is 2. The monoisotopic (exact) mass is 407 g/mol. The summed E-state index contributed by atoms with van der Waals surface area (Å²) < 4.78 is 29.0. The van der Waals surface area contributed by atoms with Crippen molar-refractivity contribution in [2.24, 2.45) is 0 Å². The highest BCUT2D eigenvalue weighted by molar-refractivity contribution is 7.91. The van der Waals surface area contributed by atoms with Gasteiger partial charge in [0, 0.05) is 12.1 Å². The van der Waals surface area contributed by atoms with E-state index in [2.05, 4.69) is 13.8 Å². The fourth-order valence-electron chi connectivity index (χ4n) is 4.17. The van der Waals surface area contributed by atoms with Crippen LogP contribution >= 0.6 is 0 Å². The molecule has 1 heterocycles. The molecule has 7 heteroatoms. The zero-order chi connectivity index (χ0) is 20.3. The minimum atomic E-state index is -3.09. The molecule has 2 fully saturated rings. The summed E-state index contributed by atoms with van der Waals surface area (Å²) in [5.74, 6) is -0.319. The van der Waals surface area contributed by atoms with Gasteiger partial charge in [-0.05, 0) is 42.9 Å². The fraction of sp³-hybridized carbons (Fsp3) is 0.619. The van der Waals surface area contributed by atoms with Crippen LogP contribution in [-0.4, -0.2) is 55.4 Å². The molecule has 2 aliphatic rings. The molecule has 1 aliphatic carbocycles. The van der Waals surface area contributed by atoms with Crippen molar-refractivity contribution >= 4 is 21.7 Å². The predicted octanol–water partition coefficient (Wildman–Crippen LogP) is 2.93. The summed E-state index contributed by atoms with van der Waals surface area (Å²) in [7, 11) is -3.09. The summed E-state index contributed by atoms with van der Waals surface area (Å²) in [5, 5.41) is 0. The van der Waals surface area contributed by atoms with Gasteiger partial charge in [0.15, 0.2) is 16.4 Å². The van der Waals surface area contributed by atoms with Gasteiger partial charge in [-0.25, -0.2) is 13.2 Å². The molecule has 1 aliphatic heterocycles. The number of amides is 1. The van der Waals surface area contributed by atoms with E-state index in [0.717, 1.165) is 31.2 Å². The van der Waals surface area contributed by atoms with Crippen LogP contribution < -0.4 is 0 Å². The van der Waals surface area contributed by atoms with E-state index >= 15 is 0 Å². The molecule has 1 amide bonds. The first-order valence-electron chi connectivity index (χ1n) is 10.1. The van der Waals surface area contributed by atoms with Crippen molar-refractivity contribution in [3.8, 4) is 0 Å². The lowest BCUT2D eigenvalue weighted by Gasteiger charge is -2.33. The van der Waals surface area contributed by atoms with Gasteiger partial charge in [0.25, 0.3) is 5.91 Å². The van der Waals surface area contributed by atoms with Gasteiger partial charge in [0.05, 0.1) is 17.1 Å². The van der Waals surface area contributed by atoms with Crippen LogP contribution in [-0.2, 0) is 19.4 Å². The number of sulfone groups is 1. The second kappa shape index (κ2) is 8.64. The lowest BCUT2D eigenvalue weighted by molar-refractivity contribution is -0.139. The summed E-state index contributed by atoms with van der Waals surface area (Å²) in [6.45, 7) is 3.80. The third kappa shape index (κ3) is 4.93. The first-order valence-corrected chi connectivity index (χ1v) is 11.9. The Morgan fingerprint density at radius 3 is 2.25 bits per heavy atom. The zero-order valence-electron chi connectivity index (χ0n) is 16.6. The highest BCUT2D eigenvalue weighted by Crippen LogP contribution is 2.29. The molecule has 1 atom stereocenters. The topological polar surface area (TPSA) is 80.8 Å². The second-order valence-electron chi connectivity index (χ2n) is 8.15. The van der Waals surface area contributed by atoms with Gasteiger partial charge in [-0.2, -0.15) is 0 Å². The van der Waals surface area contributed by atoms with Crippen molar-refractivity contribution in [1.82, 2.24) is 4.90 Å². The smallest absolute Gasteiger partial charge is 0.338 e. The number of hydrogen-bond donors (Lipinski definition) is 0. The third-order valence-corrected chi connectivity index (χ3v) is 7.50. The first-order chi connectivity index (χ1) is 13.3. The molecule has 0 unspecified atom stereocenters. The number of rotatable bonds is 6. The van der Waals surface area contributed by atoms with E-state index in [1.165, 1.54) is 0 Å². The van der Waals surface area contributed by atoms with Crippen LogP contribution in [0.3, 0.4) is 0 Å². The average molecular weight is 408 g/mol. The molecule has 0 bridgehead atoms. The maximum atomic E-state index is 12.9. The van der Waals surface area contributed by atoms with Gasteiger partial charge in [0.1, 0.15) is 0 Å². The van der Waals surface area contributed by atoms with Gasteiger partial charge >= 0.3 is 5.97 Å². The molecule has 1 aromatic rings. The standard InChI is InChI=1S/C21H29NO5S/c1-15(2)16-7-9-17(10-8-16)21(24)27-13-20(23)22(18-5-3-4-6-18)19-11-12-28(25,26)14-19/h7-10,15,18-19H,3-6,11-14H2,1-2H3/t19-/m1/s1. The molecule has 3 rings (SSSR count). The minimum absolute atomic E-state index is 0.0137. The number of benzene rings is 1. The maximum absolute atomic E-state index is 12.9. The normalized spacial score (nSPS) is 21.8. The SMILES string of the molecule is CC(C)c1ccc(C(=O)OCC(=O)N(C2CCCC2)[C@@H]2CCS(=O)(=O)C2)cc1. The number of nitrogens with zero attached hydrogens (tertiary/aromatic N) is 1. The Kier molecular flexibility index (Phi) is 6.43. The minimum Gasteiger partial charge on any atom is -0.452 e. The Morgan fingerprint density at radius 1 is 1.07 bits per heavy atom. The summed E-state index contributed by atoms with van der Waals surface area (Å²) in [6, 6.07) is 6.94. The van der Waals surface area contributed by atoms with Gasteiger partial charge in [0.2, 0.25) is 0 Å². The quantitative estimate of drug-likeness (QED) is 0.678. The summed E-state index contributed by atoms with van der Waals surface area (Å²) in [4.78, 5) is 26.9. The van der Waals surface area contributed by atoms with Crippen molar-refractivity contribution in [3.63, 3.8) is 0 Å². The Labute approximate surface area is 167 Å². The first kappa shape index (κ1) is 20.8. The van der Waals surface area contributed by atoms with E-state index in [-0.39, 0.29) is 36.1 Å². The van der Waals surface area contributed by atoms with E-state index in [1.807, 2.05) is 12.1 Å². The lowest BCUT2D eigenvalue weighted by atomic mass is 10.0. The number of hydrogen-bond acceptors (Lipinski definition) is 5. The summed E-state index contributed by atoms with van der Waals surface area (Å²) in [5.41, 5.74) is 1.54. The van der Waals surface area contributed by atoms with Gasteiger partial charge in [-0.1, -0.05) is 38.8 Å². The lowest BCUT2D eigenvalue weighted by Crippen LogP contribution is -2.48. The molecule has 154 valence electrons. The summed E-state index contributed by atoms with van der Waals surface area (Å²) >= 11 is 0. The average Bonchev–Trinajstić information content (AvgIpc) is 3.30. The van der Waals surface area contributed by atoms with Gasteiger partial charge < -0.3 is 9.64 Å². The van der Waals surface area contributed by atoms with E-state index < -0.39 is 15.8 Å². The van der Waals surface area contributed by atoms with Crippen molar-refractivity contribution in [1.29, 1.82) is 0 Å².